The van der Waals surface area contributed by atoms with E-state index in [9.17, 15) is 4.79 Å². The van der Waals surface area contributed by atoms with Crippen molar-refractivity contribution in [2.45, 2.75) is 12.8 Å². The molecule has 0 aliphatic carbocycles. The molecule has 0 saturated heterocycles. The van der Waals surface area contributed by atoms with Crippen LogP contribution in [-0.4, -0.2) is 25.8 Å². The summed E-state index contributed by atoms with van der Waals surface area (Å²) >= 11 is 0. The number of hydrogen-bond donors (Lipinski definition) is 1. The molecule has 2 aromatic rings. The van der Waals surface area contributed by atoms with E-state index in [0.29, 0.717) is 5.82 Å². The summed E-state index contributed by atoms with van der Waals surface area (Å²) < 4.78 is 1.54. The molecule has 16 heavy (non-hydrogen) atoms. The first-order valence-electron chi connectivity index (χ1n) is 4.88. The van der Waals surface area contributed by atoms with Gasteiger partial charge >= 0.3 is 5.97 Å². The van der Waals surface area contributed by atoms with Crippen molar-refractivity contribution in [1.29, 1.82) is 0 Å². The first-order valence-corrected chi connectivity index (χ1v) is 4.88. The van der Waals surface area contributed by atoms with Gasteiger partial charge in [0, 0.05) is 0 Å². The van der Waals surface area contributed by atoms with Gasteiger partial charge < -0.3 is 5.11 Å². The third-order valence-electron chi connectivity index (χ3n) is 2.33. The lowest BCUT2D eigenvalue weighted by molar-refractivity contribution is -0.138. The average molecular weight is 217 g/mol. The highest BCUT2D eigenvalue weighted by Gasteiger charge is 2.20. The molecule has 0 bridgehead atoms. The molecule has 1 aromatic carbocycles. The maximum atomic E-state index is 10.9. The zero-order valence-electron chi connectivity index (χ0n) is 8.74. The van der Waals surface area contributed by atoms with Crippen LogP contribution in [0.1, 0.15) is 18.7 Å². The monoisotopic (exact) mass is 217 g/mol. The van der Waals surface area contributed by atoms with Crippen LogP contribution < -0.4 is 0 Å². The van der Waals surface area contributed by atoms with E-state index < -0.39 is 11.9 Å². The Morgan fingerprint density at radius 1 is 1.38 bits per heavy atom. The second-order valence-electron chi connectivity index (χ2n) is 3.43. The summed E-state index contributed by atoms with van der Waals surface area (Å²) in [6.45, 7) is 1.59. The Labute approximate surface area is 92.4 Å². The van der Waals surface area contributed by atoms with Gasteiger partial charge in [0.05, 0.1) is 5.69 Å². The number of carboxylic acid groups (broad SMARTS) is 1. The molecule has 0 spiro atoms. The molecule has 1 unspecified atom stereocenters. The molecule has 1 atom stereocenters. The highest BCUT2D eigenvalue weighted by molar-refractivity contribution is 5.74. The number of aliphatic carboxylic acids is 1. The van der Waals surface area contributed by atoms with Crippen LogP contribution in [0.5, 0.6) is 0 Å². The van der Waals surface area contributed by atoms with E-state index in [2.05, 4.69) is 10.1 Å². The van der Waals surface area contributed by atoms with Gasteiger partial charge in [0.25, 0.3) is 0 Å². The summed E-state index contributed by atoms with van der Waals surface area (Å²) in [5, 5.41) is 13.0. The number of carboxylic acids is 1. The summed E-state index contributed by atoms with van der Waals surface area (Å²) in [6.07, 6.45) is 1.36. The van der Waals surface area contributed by atoms with Gasteiger partial charge in [-0.15, -0.1) is 0 Å². The van der Waals surface area contributed by atoms with Gasteiger partial charge in [0.15, 0.2) is 0 Å². The second kappa shape index (κ2) is 4.14. The van der Waals surface area contributed by atoms with Gasteiger partial charge in [-0.25, -0.2) is 9.67 Å². The fourth-order valence-electron chi connectivity index (χ4n) is 1.42. The predicted molar refractivity (Wildman–Crippen MR) is 57.4 cm³/mol. The molecule has 1 heterocycles. The minimum absolute atomic E-state index is 0.429. The lowest BCUT2D eigenvalue weighted by Crippen LogP contribution is -2.14. The van der Waals surface area contributed by atoms with Crippen LogP contribution in [0.4, 0.5) is 0 Å². The molecule has 0 saturated carbocycles. The molecular formula is C11H11N3O2. The number of para-hydroxylation sites is 1. The van der Waals surface area contributed by atoms with Crippen LogP contribution in [-0.2, 0) is 4.79 Å². The van der Waals surface area contributed by atoms with Crippen LogP contribution in [0.25, 0.3) is 5.69 Å². The van der Waals surface area contributed by atoms with Crippen LogP contribution in [0.2, 0.25) is 0 Å². The average Bonchev–Trinajstić information content (AvgIpc) is 2.77. The van der Waals surface area contributed by atoms with E-state index in [1.807, 2.05) is 30.3 Å². The van der Waals surface area contributed by atoms with E-state index >= 15 is 0 Å². The van der Waals surface area contributed by atoms with Gasteiger partial charge in [-0.1, -0.05) is 18.2 Å². The molecule has 0 aliphatic heterocycles. The predicted octanol–water partition coefficient (Wildman–Crippen LogP) is 1.46. The molecule has 0 amide bonds. The molecule has 2 rings (SSSR count). The fraction of sp³-hybridized carbons (Fsp3) is 0.182. The van der Waals surface area contributed by atoms with E-state index in [0.717, 1.165) is 5.69 Å². The van der Waals surface area contributed by atoms with Gasteiger partial charge in [0.1, 0.15) is 18.1 Å². The molecule has 0 fully saturated rings. The van der Waals surface area contributed by atoms with Crippen molar-refractivity contribution >= 4 is 5.97 Å². The normalized spacial score (nSPS) is 12.3. The standard InChI is InChI=1S/C11H11N3O2/c1-8(11(15)16)10-12-7-13-14(10)9-5-3-2-4-6-9/h2-8H,1H3,(H,15,16). The van der Waals surface area contributed by atoms with Crippen molar-refractivity contribution in [1.82, 2.24) is 14.8 Å². The molecule has 1 aromatic heterocycles. The maximum absolute atomic E-state index is 10.9. The zero-order chi connectivity index (χ0) is 11.5. The smallest absolute Gasteiger partial charge is 0.313 e. The van der Waals surface area contributed by atoms with E-state index in [-0.39, 0.29) is 0 Å². The summed E-state index contributed by atoms with van der Waals surface area (Å²) in [5.41, 5.74) is 0.808. The first kappa shape index (κ1) is 10.4. The number of nitrogens with zero attached hydrogens (tertiary/aromatic N) is 3. The molecular weight excluding hydrogens is 206 g/mol. The first-order chi connectivity index (χ1) is 7.70. The maximum Gasteiger partial charge on any atom is 0.313 e. The van der Waals surface area contributed by atoms with Gasteiger partial charge in [-0.3, -0.25) is 4.79 Å². The Kier molecular flexibility index (Phi) is 2.68. The second-order valence-corrected chi connectivity index (χ2v) is 3.43. The van der Waals surface area contributed by atoms with Crippen LogP contribution in [0, 0.1) is 0 Å². The van der Waals surface area contributed by atoms with E-state index in [1.165, 1.54) is 6.33 Å². The van der Waals surface area contributed by atoms with Crippen molar-refractivity contribution in [2.24, 2.45) is 0 Å². The third kappa shape index (κ3) is 1.79. The minimum Gasteiger partial charge on any atom is -0.481 e. The molecule has 82 valence electrons. The SMILES string of the molecule is CC(C(=O)O)c1ncnn1-c1ccccc1. The Bertz CT molecular complexity index is 493. The highest BCUT2D eigenvalue weighted by atomic mass is 16.4. The van der Waals surface area contributed by atoms with Crippen molar-refractivity contribution in [3.05, 3.63) is 42.5 Å². The number of rotatable bonds is 3. The van der Waals surface area contributed by atoms with Crippen LogP contribution in [0.15, 0.2) is 36.7 Å². The summed E-state index contributed by atoms with van der Waals surface area (Å²) in [4.78, 5) is 14.9. The van der Waals surface area contributed by atoms with E-state index in [1.54, 1.807) is 11.6 Å². The summed E-state index contributed by atoms with van der Waals surface area (Å²) in [7, 11) is 0. The molecule has 0 radical (unpaired) electrons. The van der Waals surface area contributed by atoms with Gasteiger partial charge in [-0.2, -0.15) is 5.10 Å². The summed E-state index contributed by atoms with van der Waals surface area (Å²) in [5.74, 6) is -1.16. The van der Waals surface area contributed by atoms with Gasteiger partial charge in [-0.05, 0) is 19.1 Å². The van der Waals surface area contributed by atoms with Crippen LogP contribution >= 0.6 is 0 Å². The quantitative estimate of drug-likeness (QED) is 0.845. The summed E-state index contributed by atoms with van der Waals surface area (Å²) in [6, 6.07) is 9.33. The van der Waals surface area contributed by atoms with Crippen molar-refractivity contribution in [2.75, 3.05) is 0 Å². The molecule has 0 aliphatic rings. The van der Waals surface area contributed by atoms with E-state index in [4.69, 9.17) is 5.11 Å². The number of benzene rings is 1. The van der Waals surface area contributed by atoms with Crippen LogP contribution in [0.3, 0.4) is 0 Å². The Balaban J connectivity index is 2.44. The van der Waals surface area contributed by atoms with Crippen molar-refractivity contribution in [3.8, 4) is 5.69 Å². The minimum atomic E-state index is -0.912. The topological polar surface area (TPSA) is 68.0 Å². The van der Waals surface area contributed by atoms with Crippen molar-refractivity contribution in [3.63, 3.8) is 0 Å². The van der Waals surface area contributed by atoms with Gasteiger partial charge in [0.2, 0.25) is 0 Å². The number of hydrogen-bond acceptors (Lipinski definition) is 3. The number of carbonyl (C=O) groups is 1. The Morgan fingerprint density at radius 3 is 2.69 bits per heavy atom. The Hall–Kier alpha value is -2.17. The number of aromatic nitrogens is 3. The zero-order valence-corrected chi connectivity index (χ0v) is 8.74. The largest absolute Gasteiger partial charge is 0.481 e. The Morgan fingerprint density at radius 2 is 2.06 bits per heavy atom. The molecule has 5 nitrogen and oxygen atoms in total. The fourth-order valence-corrected chi connectivity index (χ4v) is 1.42. The lowest BCUT2D eigenvalue weighted by Gasteiger charge is -2.08. The molecule has 1 N–H and O–H groups in total. The molecule has 5 heteroatoms. The third-order valence-corrected chi connectivity index (χ3v) is 2.33. The van der Waals surface area contributed by atoms with Crippen molar-refractivity contribution < 1.29 is 9.90 Å². The lowest BCUT2D eigenvalue weighted by atomic mass is 10.1. The highest BCUT2D eigenvalue weighted by Crippen LogP contribution is 2.16.